The van der Waals surface area contributed by atoms with E-state index in [9.17, 15) is 5.11 Å². The highest BCUT2D eigenvalue weighted by Crippen LogP contribution is 2.60. The van der Waals surface area contributed by atoms with Crippen molar-refractivity contribution in [2.24, 2.45) is 18.4 Å². The Kier molecular flexibility index (Phi) is 5.84. The van der Waals surface area contributed by atoms with Gasteiger partial charge in [-0.05, 0) is 55.6 Å². The minimum absolute atomic E-state index is 0.0683. The standard InChI is InChI=1S/C33H36N2O/c1-32-21-20-29(36)33(22-24-12-6-3-7-13-24,23-25-14-8-4-9-15-25)28(32)19-18-27-30(35(2)34-31(27)32)26-16-10-5-11-17-26/h3-17,28-29,36H,18-23H2,1-2H3/t28-,29?,32+/m1/s1. The summed E-state index contributed by atoms with van der Waals surface area (Å²) < 4.78 is 2.11. The number of fused-ring (bicyclic) bond motifs is 3. The van der Waals surface area contributed by atoms with E-state index in [0.29, 0.717) is 5.92 Å². The van der Waals surface area contributed by atoms with Gasteiger partial charge in [-0.25, -0.2) is 0 Å². The Bertz CT molecular complexity index is 1290. The molecule has 184 valence electrons. The van der Waals surface area contributed by atoms with Crippen LogP contribution in [0.25, 0.3) is 11.3 Å². The van der Waals surface area contributed by atoms with Crippen molar-refractivity contribution >= 4 is 0 Å². The number of aryl methyl sites for hydroxylation is 1. The number of hydrogen-bond donors (Lipinski definition) is 1. The van der Waals surface area contributed by atoms with Crippen molar-refractivity contribution in [1.82, 2.24) is 9.78 Å². The van der Waals surface area contributed by atoms with Crippen molar-refractivity contribution in [1.29, 1.82) is 0 Å². The van der Waals surface area contributed by atoms with Crippen molar-refractivity contribution in [2.45, 2.75) is 57.0 Å². The maximum absolute atomic E-state index is 11.9. The molecule has 6 rings (SSSR count). The lowest BCUT2D eigenvalue weighted by molar-refractivity contribution is -0.0968. The Morgan fingerprint density at radius 2 is 1.39 bits per heavy atom. The molecule has 0 radical (unpaired) electrons. The molecule has 1 N–H and O–H groups in total. The molecule has 2 aliphatic carbocycles. The number of aromatic nitrogens is 2. The molecule has 3 heteroatoms. The van der Waals surface area contributed by atoms with E-state index < -0.39 is 0 Å². The van der Waals surface area contributed by atoms with Crippen LogP contribution in [0.3, 0.4) is 0 Å². The molecular weight excluding hydrogens is 440 g/mol. The van der Waals surface area contributed by atoms with Crippen LogP contribution in [0, 0.1) is 11.3 Å². The topological polar surface area (TPSA) is 38.0 Å². The molecule has 1 aromatic heterocycles. The van der Waals surface area contributed by atoms with Crippen molar-refractivity contribution in [2.75, 3.05) is 0 Å². The van der Waals surface area contributed by atoms with Gasteiger partial charge in [0.05, 0.1) is 17.5 Å². The lowest BCUT2D eigenvalue weighted by Gasteiger charge is -2.58. The van der Waals surface area contributed by atoms with Gasteiger partial charge >= 0.3 is 0 Å². The van der Waals surface area contributed by atoms with Gasteiger partial charge in [0, 0.05) is 29.0 Å². The maximum Gasteiger partial charge on any atom is 0.0724 e. The minimum atomic E-state index is -0.338. The van der Waals surface area contributed by atoms with Gasteiger partial charge < -0.3 is 5.11 Å². The number of benzene rings is 3. The number of aliphatic hydroxyl groups excluding tert-OH is 1. The highest BCUT2D eigenvalue weighted by Gasteiger charge is 2.58. The van der Waals surface area contributed by atoms with Crippen LogP contribution in [0.5, 0.6) is 0 Å². The molecule has 1 saturated carbocycles. The molecule has 0 aliphatic heterocycles. The molecule has 0 amide bonds. The fraction of sp³-hybridized carbons (Fsp3) is 0.364. The van der Waals surface area contributed by atoms with Crippen molar-refractivity contribution in [3.63, 3.8) is 0 Å². The first-order valence-electron chi connectivity index (χ1n) is 13.4. The molecule has 0 spiro atoms. The molecule has 1 fully saturated rings. The second kappa shape index (κ2) is 9.05. The molecule has 0 saturated heterocycles. The van der Waals surface area contributed by atoms with Crippen molar-refractivity contribution in [3.8, 4) is 11.3 Å². The van der Waals surface area contributed by atoms with Crippen LogP contribution in [-0.2, 0) is 31.7 Å². The fourth-order valence-electron chi connectivity index (χ4n) is 7.66. The molecule has 3 nitrogen and oxygen atoms in total. The molecule has 0 bridgehead atoms. The normalized spacial score (nSPS) is 24.6. The van der Waals surface area contributed by atoms with Gasteiger partial charge in [0.1, 0.15) is 0 Å². The molecule has 1 unspecified atom stereocenters. The van der Waals surface area contributed by atoms with E-state index in [1.807, 2.05) is 0 Å². The first kappa shape index (κ1) is 23.2. The summed E-state index contributed by atoms with van der Waals surface area (Å²) in [6.07, 6.45) is 5.30. The fourth-order valence-corrected chi connectivity index (χ4v) is 7.66. The third-order valence-electron chi connectivity index (χ3n) is 9.23. The Balaban J connectivity index is 1.49. The predicted molar refractivity (Wildman–Crippen MR) is 146 cm³/mol. The second-order valence-electron chi connectivity index (χ2n) is 11.3. The average Bonchev–Trinajstić information content (AvgIpc) is 3.25. The summed E-state index contributed by atoms with van der Waals surface area (Å²) in [7, 11) is 2.10. The summed E-state index contributed by atoms with van der Waals surface area (Å²) in [5.41, 5.74) is 7.49. The zero-order chi connectivity index (χ0) is 24.8. The molecule has 3 atom stereocenters. The number of hydrogen-bond acceptors (Lipinski definition) is 2. The summed E-state index contributed by atoms with van der Waals surface area (Å²) in [4.78, 5) is 0. The third-order valence-corrected chi connectivity index (χ3v) is 9.23. The third kappa shape index (κ3) is 3.72. The summed E-state index contributed by atoms with van der Waals surface area (Å²) >= 11 is 0. The SMILES string of the molecule is Cn1nc2c(c1-c1ccccc1)CC[C@H]1C(Cc3ccccc3)(Cc3ccccc3)C(O)CC[C@]21C. The van der Waals surface area contributed by atoms with Gasteiger partial charge in [0.25, 0.3) is 0 Å². The summed E-state index contributed by atoms with van der Waals surface area (Å²) in [5.74, 6) is 0.347. The van der Waals surface area contributed by atoms with Crippen molar-refractivity contribution < 1.29 is 5.11 Å². The van der Waals surface area contributed by atoms with Gasteiger partial charge in [0.15, 0.2) is 0 Å². The van der Waals surface area contributed by atoms with Gasteiger partial charge in [0.2, 0.25) is 0 Å². The van der Waals surface area contributed by atoms with Crippen LogP contribution in [0.2, 0.25) is 0 Å². The smallest absolute Gasteiger partial charge is 0.0724 e. The first-order chi connectivity index (χ1) is 17.5. The van der Waals surface area contributed by atoms with E-state index in [0.717, 1.165) is 38.5 Å². The van der Waals surface area contributed by atoms with Crippen LogP contribution >= 0.6 is 0 Å². The quantitative estimate of drug-likeness (QED) is 0.355. The molecular formula is C33H36N2O. The zero-order valence-electron chi connectivity index (χ0n) is 21.4. The van der Waals surface area contributed by atoms with E-state index in [2.05, 4.69) is 110 Å². The Labute approximate surface area is 214 Å². The van der Waals surface area contributed by atoms with Gasteiger partial charge in [-0.2, -0.15) is 5.10 Å². The summed E-state index contributed by atoms with van der Waals surface area (Å²) in [6.45, 7) is 2.44. The second-order valence-corrected chi connectivity index (χ2v) is 11.3. The highest BCUT2D eigenvalue weighted by molar-refractivity contribution is 5.66. The molecule has 3 aromatic carbocycles. The van der Waals surface area contributed by atoms with Crippen LogP contribution < -0.4 is 0 Å². The predicted octanol–water partition coefficient (Wildman–Crippen LogP) is 6.53. The Morgan fingerprint density at radius 3 is 1.97 bits per heavy atom. The average molecular weight is 477 g/mol. The van der Waals surface area contributed by atoms with Crippen LogP contribution in [0.4, 0.5) is 0 Å². The monoisotopic (exact) mass is 476 g/mol. The van der Waals surface area contributed by atoms with Crippen molar-refractivity contribution in [3.05, 3.63) is 113 Å². The van der Waals surface area contributed by atoms with Crippen LogP contribution in [0.15, 0.2) is 91.0 Å². The lowest BCUT2D eigenvalue weighted by atomic mass is 9.47. The lowest BCUT2D eigenvalue weighted by Crippen LogP contribution is -2.58. The van der Waals surface area contributed by atoms with Crippen LogP contribution in [-0.4, -0.2) is 21.0 Å². The van der Waals surface area contributed by atoms with E-state index in [4.69, 9.17) is 5.10 Å². The zero-order valence-corrected chi connectivity index (χ0v) is 21.4. The Morgan fingerprint density at radius 1 is 0.833 bits per heavy atom. The van der Waals surface area contributed by atoms with E-state index in [1.54, 1.807) is 0 Å². The number of nitrogens with zero attached hydrogens (tertiary/aromatic N) is 2. The van der Waals surface area contributed by atoms with Gasteiger partial charge in [-0.15, -0.1) is 0 Å². The Hall–Kier alpha value is -3.17. The number of rotatable bonds is 5. The van der Waals surface area contributed by atoms with Gasteiger partial charge in [-0.1, -0.05) is 97.9 Å². The number of aliphatic hydroxyl groups is 1. The molecule has 4 aromatic rings. The van der Waals surface area contributed by atoms with E-state index in [1.165, 1.54) is 33.6 Å². The largest absolute Gasteiger partial charge is 0.393 e. The highest BCUT2D eigenvalue weighted by atomic mass is 16.3. The summed E-state index contributed by atoms with van der Waals surface area (Å²) in [5, 5.41) is 17.1. The van der Waals surface area contributed by atoms with Gasteiger partial charge in [-0.3, -0.25) is 4.68 Å². The van der Waals surface area contributed by atoms with Crippen LogP contribution in [0.1, 0.15) is 48.6 Å². The van der Waals surface area contributed by atoms with E-state index >= 15 is 0 Å². The molecule has 2 aliphatic rings. The molecule has 1 heterocycles. The van der Waals surface area contributed by atoms with E-state index in [-0.39, 0.29) is 16.9 Å². The first-order valence-corrected chi connectivity index (χ1v) is 13.4. The summed E-state index contributed by atoms with van der Waals surface area (Å²) in [6, 6.07) is 32.3. The molecule has 36 heavy (non-hydrogen) atoms. The maximum atomic E-state index is 11.9. The minimum Gasteiger partial charge on any atom is -0.393 e.